The Labute approximate surface area is 110 Å². The summed E-state index contributed by atoms with van der Waals surface area (Å²) < 4.78 is 10.5. The van der Waals surface area contributed by atoms with Crippen molar-refractivity contribution >= 4 is 6.16 Å². The van der Waals surface area contributed by atoms with E-state index in [4.69, 9.17) is 22.3 Å². The van der Waals surface area contributed by atoms with Crippen LogP contribution < -0.4 is 0 Å². The molecule has 0 saturated carbocycles. The molecular formula is C15H22O3. The van der Waals surface area contributed by atoms with Crippen LogP contribution in [0.1, 0.15) is 53.4 Å². The lowest BCUT2D eigenvalue weighted by Crippen LogP contribution is -2.38. The van der Waals surface area contributed by atoms with Crippen molar-refractivity contribution in [2.24, 2.45) is 0 Å². The number of terminal acetylenes is 2. The van der Waals surface area contributed by atoms with Gasteiger partial charge < -0.3 is 9.47 Å². The van der Waals surface area contributed by atoms with Crippen molar-refractivity contribution in [2.45, 2.75) is 64.6 Å². The summed E-state index contributed by atoms with van der Waals surface area (Å²) in [5.41, 5.74) is -1.81. The predicted octanol–water partition coefficient (Wildman–Crippen LogP) is 3.52. The normalized spacial score (nSPS) is 11.2. The van der Waals surface area contributed by atoms with Gasteiger partial charge in [-0.05, 0) is 25.7 Å². The molecular weight excluding hydrogens is 228 g/mol. The van der Waals surface area contributed by atoms with E-state index in [1.54, 1.807) is 0 Å². The van der Waals surface area contributed by atoms with Gasteiger partial charge in [-0.3, -0.25) is 0 Å². The lowest BCUT2D eigenvalue weighted by atomic mass is 9.98. The average molecular weight is 250 g/mol. The third kappa shape index (κ3) is 3.70. The zero-order valence-corrected chi connectivity index (χ0v) is 11.7. The Morgan fingerprint density at radius 3 is 1.33 bits per heavy atom. The molecule has 0 N–H and O–H groups in total. The van der Waals surface area contributed by atoms with Gasteiger partial charge in [0.05, 0.1) is 0 Å². The SMILES string of the molecule is C#CC(CC)(CC)OC(=O)OC(C#C)(CC)CC. The maximum absolute atomic E-state index is 11.8. The summed E-state index contributed by atoms with van der Waals surface area (Å²) in [5, 5.41) is 0. The van der Waals surface area contributed by atoms with Gasteiger partial charge in [0.2, 0.25) is 0 Å². The molecule has 0 saturated heterocycles. The predicted molar refractivity (Wildman–Crippen MR) is 71.9 cm³/mol. The van der Waals surface area contributed by atoms with Crippen molar-refractivity contribution in [2.75, 3.05) is 0 Å². The monoisotopic (exact) mass is 250 g/mol. The van der Waals surface area contributed by atoms with Crippen molar-refractivity contribution in [3.8, 4) is 24.7 Å². The van der Waals surface area contributed by atoms with E-state index >= 15 is 0 Å². The maximum atomic E-state index is 11.8. The van der Waals surface area contributed by atoms with Crippen LogP contribution in [0.4, 0.5) is 4.79 Å². The fraction of sp³-hybridized carbons (Fsp3) is 0.667. The molecule has 0 aliphatic rings. The first-order chi connectivity index (χ1) is 8.46. The van der Waals surface area contributed by atoms with E-state index in [1.807, 2.05) is 27.7 Å². The molecule has 0 aromatic rings. The molecule has 0 atom stereocenters. The minimum absolute atomic E-state index is 0.538. The number of ether oxygens (including phenoxy) is 2. The molecule has 0 rings (SSSR count). The number of carbonyl (C=O) groups is 1. The Kier molecular flexibility index (Phi) is 6.34. The van der Waals surface area contributed by atoms with E-state index in [2.05, 4.69) is 11.8 Å². The molecule has 0 aromatic carbocycles. The smallest absolute Gasteiger partial charge is 0.414 e. The molecule has 0 aliphatic carbocycles. The molecule has 18 heavy (non-hydrogen) atoms. The molecule has 100 valence electrons. The van der Waals surface area contributed by atoms with Crippen LogP contribution >= 0.6 is 0 Å². The van der Waals surface area contributed by atoms with E-state index in [-0.39, 0.29) is 0 Å². The van der Waals surface area contributed by atoms with Crippen molar-refractivity contribution in [3.05, 3.63) is 0 Å². The van der Waals surface area contributed by atoms with Crippen LogP contribution in [0, 0.1) is 24.7 Å². The van der Waals surface area contributed by atoms with E-state index in [0.29, 0.717) is 25.7 Å². The van der Waals surface area contributed by atoms with E-state index in [0.717, 1.165) is 0 Å². The Morgan fingerprint density at radius 1 is 0.889 bits per heavy atom. The Bertz CT molecular complexity index is 315. The molecule has 0 fully saturated rings. The summed E-state index contributed by atoms with van der Waals surface area (Å²) in [6.45, 7) is 7.46. The van der Waals surface area contributed by atoms with E-state index in [1.165, 1.54) is 0 Å². The zero-order valence-electron chi connectivity index (χ0n) is 11.7. The van der Waals surface area contributed by atoms with Crippen LogP contribution in [0.3, 0.4) is 0 Å². The highest BCUT2D eigenvalue weighted by molar-refractivity contribution is 5.62. The lowest BCUT2D eigenvalue weighted by Gasteiger charge is -2.29. The summed E-state index contributed by atoms with van der Waals surface area (Å²) in [7, 11) is 0. The first-order valence-electron chi connectivity index (χ1n) is 6.34. The standard InChI is InChI=1S/C15H22O3/c1-7-14(8-2,9-3)17-13(16)18-15(10-4,11-5)12-6/h1,4H,8-9,11-12H2,2-3,5-6H3. The quantitative estimate of drug-likeness (QED) is 0.534. The van der Waals surface area contributed by atoms with Crippen molar-refractivity contribution in [3.63, 3.8) is 0 Å². The largest absolute Gasteiger partial charge is 0.511 e. The third-order valence-corrected chi connectivity index (χ3v) is 3.37. The molecule has 0 bridgehead atoms. The van der Waals surface area contributed by atoms with Gasteiger partial charge in [0.25, 0.3) is 0 Å². The molecule has 0 aromatic heterocycles. The van der Waals surface area contributed by atoms with Gasteiger partial charge in [0.15, 0.2) is 11.2 Å². The molecule has 0 heterocycles. The van der Waals surface area contributed by atoms with Crippen LogP contribution in [0.15, 0.2) is 0 Å². The second kappa shape index (κ2) is 6.97. The highest BCUT2D eigenvalue weighted by Gasteiger charge is 2.34. The molecule has 0 radical (unpaired) electrons. The second-order valence-corrected chi connectivity index (χ2v) is 4.15. The lowest BCUT2D eigenvalue weighted by molar-refractivity contribution is -0.0491. The number of carbonyl (C=O) groups excluding carboxylic acids is 1. The van der Waals surface area contributed by atoms with Crippen LogP contribution in [0.2, 0.25) is 0 Å². The first kappa shape index (κ1) is 16.4. The van der Waals surface area contributed by atoms with Gasteiger partial charge in [-0.25, -0.2) is 4.79 Å². The summed E-state index contributed by atoms with van der Waals surface area (Å²) in [5.74, 6) is 5.02. The maximum Gasteiger partial charge on any atom is 0.511 e. The fourth-order valence-electron chi connectivity index (χ4n) is 1.60. The summed E-state index contributed by atoms with van der Waals surface area (Å²) >= 11 is 0. The third-order valence-electron chi connectivity index (χ3n) is 3.37. The number of rotatable bonds is 6. The Morgan fingerprint density at radius 2 is 1.17 bits per heavy atom. The zero-order chi connectivity index (χ0) is 14.2. The summed E-state index contributed by atoms with van der Waals surface area (Å²) in [4.78, 5) is 11.8. The van der Waals surface area contributed by atoms with Gasteiger partial charge in [-0.2, -0.15) is 0 Å². The molecule has 0 amide bonds. The molecule has 0 aliphatic heterocycles. The van der Waals surface area contributed by atoms with Gasteiger partial charge in [-0.15, -0.1) is 12.8 Å². The van der Waals surface area contributed by atoms with Crippen LogP contribution in [-0.2, 0) is 9.47 Å². The first-order valence-corrected chi connectivity index (χ1v) is 6.34. The second-order valence-electron chi connectivity index (χ2n) is 4.15. The minimum Gasteiger partial charge on any atom is -0.414 e. The topological polar surface area (TPSA) is 35.5 Å². The average Bonchev–Trinajstić information content (AvgIpc) is 2.42. The van der Waals surface area contributed by atoms with Crippen LogP contribution in [-0.4, -0.2) is 17.4 Å². The minimum atomic E-state index is -0.904. The highest BCUT2D eigenvalue weighted by Crippen LogP contribution is 2.24. The van der Waals surface area contributed by atoms with Crippen LogP contribution in [0.25, 0.3) is 0 Å². The van der Waals surface area contributed by atoms with Crippen molar-refractivity contribution < 1.29 is 14.3 Å². The van der Waals surface area contributed by atoms with Gasteiger partial charge in [0.1, 0.15) is 0 Å². The molecule has 0 unspecified atom stereocenters. The molecule has 3 heteroatoms. The van der Waals surface area contributed by atoms with Gasteiger partial charge in [-0.1, -0.05) is 39.5 Å². The van der Waals surface area contributed by atoms with Gasteiger partial charge in [0, 0.05) is 0 Å². The van der Waals surface area contributed by atoms with Crippen molar-refractivity contribution in [1.29, 1.82) is 0 Å². The summed E-state index contributed by atoms with van der Waals surface area (Å²) in [6, 6.07) is 0. The molecule has 3 nitrogen and oxygen atoms in total. The summed E-state index contributed by atoms with van der Waals surface area (Å²) in [6.07, 6.45) is 12.2. The number of hydrogen-bond donors (Lipinski definition) is 0. The number of hydrogen-bond acceptors (Lipinski definition) is 3. The fourth-order valence-corrected chi connectivity index (χ4v) is 1.60. The van der Waals surface area contributed by atoms with Gasteiger partial charge >= 0.3 is 6.16 Å². The van der Waals surface area contributed by atoms with E-state index < -0.39 is 17.4 Å². The Hall–Kier alpha value is -1.61. The Balaban J connectivity index is 4.81. The van der Waals surface area contributed by atoms with Crippen molar-refractivity contribution in [1.82, 2.24) is 0 Å². The van der Waals surface area contributed by atoms with E-state index in [9.17, 15) is 4.79 Å². The molecule has 0 spiro atoms. The highest BCUT2D eigenvalue weighted by atomic mass is 16.7. The van der Waals surface area contributed by atoms with Crippen LogP contribution in [0.5, 0.6) is 0 Å².